The Morgan fingerprint density at radius 3 is 2.21 bits per heavy atom. The minimum Gasteiger partial charge on any atom is -0.316 e. The number of rotatable bonds is 5. The maximum Gasteiger partial charge on any atom is 0.187 e. The van der Waals surface area contributed by atoms with E-state index >= 15 is 0 Å². The first-order chi connectivity index (χ1) is 9.17. The Balaban J connectivity index is 1.98. The van der Waals surface area contributed by atoms with Gasteiger partial charge in [0.05, 0.1) is 0 Å². The summed E-state index contributed by atoms with van der Waals surface area (Å²) in [6.45, 7) is 5.07. The lowest BCUT2D eigenvalue weighted by molar-refractivity contribution is 0.793. The fourth-order valence-corrected chi connectivity index (χ4v) is 2.73. The molecule has 0 atom stereocenters. The molecule has 19 heavy (non-hydrogen) atoms. The van der Waals surface area contributed by atoms with E-state index in [1.165, 1.54) is 16.7 Å². The van der Waals surface area contributed by atoms with Gasteiger partial charge in [0, 0.05) is 30.3 Å². The molecular formula is C15H19N3S. The van der Waals surface area contributed by atoms with Gasteiger partial charge >= 0.3 is 0 Å². The highest BCUT2D eigenvalue weighted by Gasteiger charge is 2.01. The van der Waals surface area contributed by atoms with Gasteiger partial charge in [0.15, 0.2) is 5.16 Å². The van der Waals surface area contributed by atoms with Gasteiger partial charge in [0.1, 0.15) is 0 Å². The van der Waals surface area contributed by atoms with Crippen LogP contribution in [0.1, 0.15) is 22.3 Å². The summed E-state index contributed by atoms with van der Waals surface area (Å²) in [7, 11) is 1.92. The van der Waals surface area contributed by atoms with Crippen molar-refractivity contribution in [3.63, 3.8) is 0 Å². The lowest BCUT2D eigenvalue weighted by Crippen LogP contribution is -2.05. The SMILES string of the molecule is CNCc1cnc(SCc2cc(C)cc(C)c2)nc1. The lowest BCUT2D eigenvalue weighted by atomic mass is 10.1. The number of hydrogen-bond donors (Lipinski definition) is 1. The third-order valence-electron chi connectivity index (χ3n) is 2.71. The Morgan fingerprint density at radius 2 is 1.63 bits per heavy atom. The molecule has 2 aromatic rings. The van der Waals surface area contributed by atoms with Crippen LogP contribution in [0.3, 0.4) is 0 Å². The Bertz CT molecular complexity index is 517. The first kappa shape index (κ1) is 14.0. The number of thioether (sulfide) groups is 1. The van der Waals surface area contributed by atoms with Gasteiger partial charge in [-0.3, -0.25) is 0 Å². The molecular weight excluding hydrogens is 254 g/mol. The maximum absolute atomic E-state index is 4.37. The number of hydrogen-bond acceptors (Lipinski definition) is 4. The molecule has 4 heteroatoms. The monoisotopic (exact) mass is 273 g/mol. The summed E-state index contributed by atoms with van der Waals surface area (Å²) in [5.41, 5.74) is 5.05. The molecule has 0 bridgehead atoms. The second-order valence-electron chi connectivity index (χ2n) is 4.69. The zero-order chi connectivity index (χ0) is 13.7. The van der Waals surface area contributed by atoms with Crippen LogP contribution in [0.25, 0.3) is 0 Å². The Labute approximate surface area is 118 Å². The standard InChI is InChI=1S/C15H19N3S/c1-11-4-12(2)6-13(5-11)10-19-15-17-8-14(7-16-3)9-18-15/h4-6,8-9,16H,7,10H2,1-3H3. The molecule has 2 rings (SSSR count). The van der Waals surface area contributed by atoms with Crippen molar-refractivity contribution in [3.8, 4) is 0 Å². The number of aromatic nitrogens is 2. The van der Waals surface area contributed by atoms with E-state index in [2.05, 4.69) is 47.3 Å². The number of nitrogens with one attached hydrogen (secondary N) is 1. The molecule has 3 nitrogen and oxygen atoms in total. The summed E-state index contributed by atoms with van der Waals surface area (Å²) in [6, 6.07) is 6.63. The minimum absolute atomic E-state index is 0.808. The molecule has 1 aromatic carbocycles. The second-order valence-corrected chi connectivity index (χ2v) is 5.63. The van der Waals surface area contributed by atoms with Gasteiger partial charge in [-0.15, -0.1) is 0 Å². The Hall–Kier alpha value is -1.39. The van der Waals surface area contributed by atoms with Crippen molar-refractivity contribution in [2.45, 2.75) is 31.3 Å². The lowest BCUT2D eigenvalue weighted by Gasteiger charge is -2.05. The van der Waals surface area contributed by atoms with E-state index in [1.54, 1.807) is 11.8 Å². The van der Waals surface area contributed by atoms with E-state index < -0.39 is 0 Å². The van der Waals surface area contributed by atoms with Crippen LogP contribution < -0.4 is 5.32 Å². The van der Waals surface area contributed by atoms with Gasteiger partial charge in [0.2, 0.25) is 0 Å². The first-order valence-electron chi connectivity index (χ1n) is 6.33. The molecule has 0 saturated carbocycles. The van der Waals surface area contributed by atoms with Gasteiger partial charge in [0.25, 0.3) is 0 Å². The minimum atomic E-state index is 0.808. The van der Waals surface area contributed by atoms with Crippen molar-refractivity contribution in [2.24, 2.45) is 0 Å². The van der Waals surface area contributed by atoms with Crippen LogP contribution in [0.2, 0.25) is 0 Å². The summed E-state index contributed by atoms with van der Waals surface area (Å²) in [6.07, 6.45) is 3.76. The summed E-state index contributed by atoms with van der Waals surface area (Å²) in [4.78, 5) is 8.74. The van der Waals surface area contributed by atoms with Gasteiger partial charge in [-0.25, -0.2) is 9.97 Å². The van der Waals surface area contributed by atoms with Crippen LogP contribution in [-0.2, 0) is 12.3 Å². The van der Waals surface area contributed by atoms with E-state index in [4.69, 9.17) is 0 Å². The molecule has 0 aliphatic heterocycles. The van der Waals surface area contributed by atoms with Crippen molar-refractivity contribution in [1.29, 1.82) is 0 Å². The second kappa shape index (κ2) is 6.68. The molecule has 1 N–H and O–H groups in total. The number of aryl methyl sites for hydroxylation is 2. The Kier molecular flexibility index (Phi) is 4.93. The molecule has 1 heterocycles. The molecule has 0 radical (unpaired) electrons. The van der Waals surface area contributed by atoms with Crippen LogP contribution in [0.4, 0.5) is 0 Å². The fraction of sp³-hybridized carbons (Fsp3) is 0.333. The molecule has 0 unspecified atom stereocenters. The summed E-state index contributed by atoms with van der Waals surface area (Å²) < 4.78 is 0. The molecule has 0 spiro atoms. The van der Waals surface area contributed by atoms with Crippen LogP contribution >= 0.6 is 11.8 Å². The molecule has 0 fully saturated rings. The van der Waals surface area contributed by atoms with Crippen LogP contribution in [0, 0.1) is 13.8 Å². The zero-order valence-electron chi connectivity index (χ0n) is 11.6. The van der Waals surface area contributed by atoms with E-state index in [0.29, 0.717) is 0 Å². The van der Waals surface area contributed by atoms with Crippen molar-refractivity contribution >= 4 is 11.8 Å². The zero-order valence-corrected chi connectivity index (χ0v) is 12.4. The number of nitrogens with zero attached hydrogens (tertiary/aromatic N) is 2. The van der Waals surface area contributed by atoms with Crippen molar-refractivity contribution in [3.05, 3.63) is 52.8 Å². The highest BCUT2D eigenvalue weighted by molar-refractivity contribution is 7.98. The normalized spacial score (nSPS) is 10.7. The molecule has 1 aromatic heterocycles. The molecule has 0 amide bonds. The van der Waals surface area contributed by atoms with Crippen LogP contribution in [-0.4, -0.2) is 17.0 Å². The molecule has 0 saturated heterocycles. The number of benzene rings is 1. The van der Waals surface area contributed by atoms with Crippen LogP contribution in [0.5, 0.6) is 0 Å². The highest BCUT2D eigenvalue weighted by Crippen LogP contribution is 2.20. The van der Waals surface area contributed by atoms with E-state index in [9.17, 15) is 0 Å². The third-order valence-corrected chi connectivity index (χ3v) is 3.66. The molecule has 0 aliphatic carbocycles. The summed E-state index contributed by atoms with van der Waals surface area (Å²) >= 11 is 1.68. The summed E-state index contributed by atoms with van der Waals surface area (Å²) in [5, 5.41) is 3.92. The maximum atomic E-state index is 4.37. The van der Waals surface area contributed by atoms with Crippen LogP contribution in [0.15, 0.2) is 35.7 Å². The van der Waals surface area contributed by atoms with Gasteiger partial charge in [-0.2, -0.15) is 0 Å². The predicted octanol–water partition coefficient (Wildman–Crippen LogP) is 3.11. The Morgan fingerprint density at radius 1 is 1.00 bits per heavy atom. The predicted molar refractivity (Wildman–Crippen MR) is 80.3 cm³/mol. The van der Waals surface area contributed by atoms with Gasteiger partial charge in [-0.05, 0) is 26.5 Å². The largest absolute Gasteiger partial charge is 0.316 e. The van der Waals surface area contributed by atoms with Crippen molar-refractivity contribution in [1.82, 2.24) is 15.3 Å². The smallest absolute Gasteiger partial charge is 0.187 e. The topological polar surface area (TPSA) is 37.8 Å². The van der Waals surface area contributed by atoms with E-state index in [1.807, 2.05) is 19.4 Å². The quantitative estimate of drug-likeness (QED) is 0.671. The van der Waals surface area contributed by atoms with Gasteiger partial charge < -0.3 is 5.32 Å². The van der Waals surface area contributed by atoms with Gasteiger partial charge in [-0.1, -0.05) is 41.1 Å². The van der Waals surface area contributed by atoms with Crippen molar-refractivity contribution < 1.29 is 0 Å². The highest BCUT2D eigenvalue weighted by atomic mass is 32.2. The third kappa shape index (κ3) is 4.33. The molecule has 100 valence electrons. The van der Waals surface area contributed by atoms with E-state index in [0.717, 1.165) is 23.0 Å². The summed E-state index contributed by atoms with van der Waals surface area (Å²) in [5.74, 6) is 0.911. The molecule has 0 aliphatic rings. The fourth-order valence-electron chi connectivity index (χ4n) is 2.01. The average molecular weight is 273 g/mol. The van der Waals surface area contributed by atoms with Crippen molar-refractivity contribution in [2.75, 3.05) is 7.05 Å². The average Bonchev–Trinajstić information content (AvgIpc) is 2.37. The van der Waals surface area contributed by atoms with E-state index in [-0.39, 0.29) is 0 Å². The first-order valence-corrected chi connectivity index (χ1v) is 7.31.